The Labute approximate surface area is 229 Å². The summed E-state index contributed by atoms with van der Waals surface area (Å²) in [5.74, 6) is -2.51. The quantitative estimate of drug-likeness (QED) is 0.299. The lowest BCUT2D eigenvalue weighted by Gasteiger charge is -2.32. The van der Waals surface area contributed by atoms with Crippen LogP contribution in [-0.2, 0) is 14.3 Å². The average Bonchev–Trinajstić information content (AvgIpc) is 3.31. The van der Waals surface area contributed by atoms with Crippen LogP contribution in [0.2, 0.25) is 0 Å². The zero-order chi connectivity index (χ0) is 28.7. The number of rotatable bonds is 11. The van der Waals surface area contributed by atoms with Crippen LogP contribution in [0.1, 0.15) is 44.3 Å². The van der Waals surface area contributed by atoms with Crippen LogP contribution in [0.15, 0.2) is 42.5 Å². The van der Waals surface area contributed by atoms with Gasteiger partial charge in [-0.15, -0.1) is 0 Å². The van der Waals surface area contributed by atoms with Crippen molar-refractivity contribution in [2.24, 2.45) is 5.73 Å². The summed E-state index contributed by atoms with van der Waals surface area (Å²) in [5, 5.41) is 2.54. The molecule has 1 heterocycles. The summed E-state index contributed by atoms with van der Waals surface area (Å²) in [5.41, 5.74) is 12.5. The molecular weight excluding hydrogens is 526 g/mol. The van der Waals surface area contributed by atoms with Crippen LogP contribution in [0, 0.1) is 6.92 Å². The molecule has 0 aliphatic carbocycles. The molecule has 0 fully saturated rings. The number of aryl methyl sites for hydroxylation is 1. The second kappa shape index (κ2) is 12.7. The van der Waals surface area contributed by atoms with Crippen LogP contribution in [0.25, 0.3) is 0 Å². The molecule has 0 aliphatic rings. The molecule has 1 aromatic heterocycles. The Bertz CT molecular complexity index is 1370. The summed E-state index contributed by atoms with van der Waals surface area (Å²) in [6.45, 7) is 3.19. The number of nitrogens with one attached hydrogen (secondary N) is 1. The number of benzene rings is 2. The number of nitrogen functional groups attached to an aromatic ring is 1. The van der Waals surface area contributed by atoms with Gasteiger partial charge in [-0.2, -0.15) is 4.37 Å². The molecule has 13 heteroatoms. The number of esters is 1. The van der Waals surface area contributed by atoms with Crippen molar-refractivity contribution in [2.75, 3.05) is 38.0 Å². The largest absolute Gasteiger partial charge is 0.493 e. The number of carbonyl (C=O) groups is 4. The number of ether oxygens (including phenoxy) is 3. The van der Waals surface area contributed by atoms with Gasteiger partial charge in [0.25, 0.3) is 11.8 Å². The highest BCUT2D eigenvalue weighted by atomic mass is 32.1. The highest BCUT2D eigenvalue weighted by Gasteiger charge is 2.38. The van der Waals surface area contributed by atoms with E-state index in [0.717, 1.165) is 5.56 Å². The Balaban J connectivity index is 2.25. The Morgan fingerprint density at radius 2 is 1.77 bits per heavy atom. The smallest absolute Gasteiger partial charge is 0.325 e. The van der Waals surface area contributed by atoms with Crippen LogP contribution in [-0.4, -0.2) is 55.4 Å². The monoisotopic (exact) mass is 555 g/mol. The lowest BCUT2D eigenvalue weighted by molar-refractivity contribution is -0.143. The molecule has 0 radical (unpaired) electrons. The molecule has 206 valence electrons. The topological polar surface area (TPSA) is 176 Å². The maximum absolute atomic E-state index is 14.1. The van der Waals surface area contributed by atoms with Gasteiger partial charge in [-0.05, 0) is 43.6 Å². The number of primary amides is 1. The van der Waals surface area contributed by atoms with E-state index in [1.807, 2.05) is 6.92 Å². The zero-order valence-corrected chi connectivity index (χ0v) is 22.7. The molecule has 0 saturated heterocycles. The minimum absolute atomic E-state index is 0.102. The molecule has 0 bridgehead atoms. The highest BCUT2D eigenvalue weighted by Crippen LogP contribution is 2.40. The first kappa shape index (κ1) is 28.9. The molecule has 0 aliphatic heterocycles. The van der Waals surface area contributed by atoms with E-state index in [4.69, 9.17) is 25.7 Å². The maximum atomic E-state index is 14.1. The van der Waals surface area contributed by atoms with Crippen molar-refractivity contribution in [3.05, 3.63) is 64.2 Å². The molecule has 0 unspecified atom stereocenters. The lowest BCUT2D eigenvalue weighted by atomic mass is 10.0. The third-order valence-corrected chi connectivity index (χ3v) is 6.48. The highest BCUT2D eigenvalue weighted by molar-refractivity contribution is 7.09. The van der Waals surface area contributed by atoms with E-state index in [1.165, 1.54) is 19.1 Å². The van der Waals surface area contributed by atoms with Gasteiger partial charge in [0, 0.05) is 11.3 Å². The van der Waals surface area contributed by atoms with Crippen molar-refractivity contribution < 1.29 is 33.4 Å². The molecular formula is C26H29N5O7S. The third-order valence-electron chi connectivity index (χ3n) is 5.63. The van der Waals surface area contributed by atoms with Gasteiger partial charge in [-0.1, -0.05) is 29.8 Å². The van der Waals surface area contributed by atoms with Crippen LogP contribution in [0.4, 0.5) is 11.4 Å². The Morgan fingerprint density at radius 1 is 1.08 bits per heavy atom. The van der Waals surface area contributed by atoms with Crippen molar-refractivity contribution in [1.82, 2.24) is 9.69 Å². The van der Waals surface area contributed by atoms with Gasteiger partial charge in [0.1, 0.15) is 17.5 Å². The molecule has 3 amide bonds. The summed E-state index contributed by atoms with van der Waals surface area (Å²) >= 11 is 0.677. The van der Waals surface area contributed by atoms with Gasteiger partial charge in [0.05, 0.1) is 26.5 Å². The normalized spacial score (nSPS) is 11.3. The van der Waals surface area contributed by atoms with Crippen molar-refractivity contribution in [2.45, 2.75) is 19.9 Å². The molecule has 5 N–H and O–H groups in total. The molecule has 3 aromatic rings. The number of methoxy groups -OCH3 is 2. The van der Waals surface area contributed by atoms with Crippen LogP contribution >= 0.6 is 11.5 Å². The molecule has 0 saturated carbocycles. The first-order valence-electron chi connectivity index (χ1n) is 11.7. The van der Waals surface area contributed by atoms with Gasteiger partial charge in [-0.3, -0.25) is 24.1 Å². The summed E-state index contributed by atoms with van der Waals surface area (Å²) in [4.78, 5) is 52.8. The van der Waals surface area contributed by atoms with E-state index in [9.17, 15) is 19.2 Å². The number of para-hydroxylation sites is 1. The van der Waals surface area contributed by atoms with E-state index in [2.05, 4.69) is 9.69 Å². The average molecular weight is 556 g/mol. The SMILES string of the molecule is CCOC(=O)CNC(=O)[C@@H](c1cccc(OC)c1OC)N(C(=O)c1snc(C(N)=O)c1N)c1ccc(C)cc1. The number of aromatic nitrogens is 1. The number of nitrogens with two attached hydrogens (primary N) is 2. The molecule has 0 spiro atoms. The molecule has 3 rings (SSSR count). The molecule has 39 heavy (non-hydrogen) atoms. The Morgan fingerprint density at radius 3 is 2.33 bits per heavy atom. The fourth-order valence-electron chi connectivity index (χ4n) is 3.82. The standard InChI is InChI=1S/C26H29N5O7S/c1-5-38-18(32)13-29-25(34)21(16-7-6-8-17(36-3)22(16)37-4)31(15-11-9-14(2)10-12-15)26(35)23-19(27)20(24(28)33)30-39-23/h6-12,21H,5,13,27H2,1-4H3,(H2,28,33)(H,29,34)/t21-/m1/s1. The molecule has 12 nitrogen and oxygen atoms in total. The van der Waals surface area contributed by atoms with Gasteiger partial charge in [0.15, 0.2) is 17.2 Å². The maximum Gasteiger partial charge on any atom is 0.325 e. The number of amides is 3. The van der Waals surface area contributed by atoms with Crippen molar-refractivity contribution in [3.8, 4) is 11.5 Å². The first-order valence-corrected chi connectivity index (χ1v) is 12.5. The predicted molar refractivity (Wildman–Crippen MR) is 145 cm³/mol. The number of anilines is 2. The van der Waals surface area contributed by atoms with Crippen molar-refractivity contribution in [3.63, 3.8) is 0 Å². The van der Waals surface area contributed by atoms with Crippen molar-refractivity contribution >= 4 is 46.6 Å². The summed E-state index contributed by atoms with van der Waals surface area (Å²) < 4.78 is 19.9. The fourth-order valence-corrected chi connectivity index (χ4v) is 4.56. The van der Waals surface area contributed by atoms with Crippen LogP contribution in [0.3, 0.4) is 0 Å². The van der Waals surface area contributed by atoms with Gasteiger partial charge in [0.2, 0.25) is 5.91 Å². The van der Waals surface area contributed by atoms with E-state index in [1.54, 1.807) is 49.4 Å². The van der Waals surface area contributed by atoms with Crippen LogP contribution < -0.4 is 31.2 Å². The second-order valence-corrected chi connectivity index (χ2v) is 8.93. The minimum Gasteiger partial charge on any atom is -0.493 e. The fraction of sp³-hybridized carbons (Fsp3) is 0.269. The van der Waals surface area contributed by atoms with E-state index in [0.29, 0.717) is 23.0 Å². The summed E-state index contributed by atoms with van der Waals surface area (Å²) in [6.07, 6.45) is 0. The minimum atomic E-state index is -1.39. The summed E-state index contributed by atoms with van der Waals surface area (Å²) in [6, 6.07) is 10.3. The number of carbonyl (C=O) groups excluding carboxylic acids is 4. The van der Waals surface area contributed by atoms with Gasteiger partial charge in [-0.25, -0.2) is 0 Å². The number of hydrogen-bond donors (Lipinski definition) is 3. The third kappa shape index (κ3) is 6.26. The number of hydrogen-bond acceptors (Lipinski definition) is 10. The second-order valence-electron chi connectivity index (χ2n) is 8.16. The van der Waals surface area contributed by atoms with Gasteiger partial charge < -0.3 is 31.0 Å². The predicted octanol–water partition coefficient (Wildman–Crippen LogP) is 2.22. The Kier molecular flexibility index (Phi) is 9.44. The van der Waals surface area contributed by atoms with Crippen molar-refractivity contribution in [1.29, 1.82) is 0 Å². The van der Waals surface area contributed by atoms with Gasteiger partial charge >= 0.3 is 5.97 Å². The lowest BCUT2D eigenvalue weighted by Crippen LogP contribution is -2.45. The Hall–Kier alpha value is -4.65. The van der Waals surface area contributed by atoms with E-state index < -0.39 is 36.3 Å². The zero-order valence-electron chi connectivity index (χ0n) is 21.8. The summed E-state index contributed by atoms with van der Waals surface area (Å²) in [7, 11) is 2.83. The number of nitrogens with zero attached hydrogens (tertiary/aromatic N) is 2. The van der Waals surface area contributed by atoms with E-state index >= 15 is 0 Å². The first-order chi connectivity index (χ1) is 18.6. The van der Waals surface area contributed by atoms with E-state index in [-0.39, 0.29) is 34.2 Å². The van der Waals surface area contributed by atoms with Crippen LogP contribution in [0.5, 0.6) is 11.5 Å². The molecule has 2 aromatic carbocycles. The molecule has 1 atom stereocenters.